The van der Waals surface area contributed by atoms with E-state index in [0.717, 1.165) is 11.3 Å². The number of ether oxygens (including phenoxy) is 2. The number of hydrogen-bond acceptors (Lipinski definition) is 5. The number of aliphatic imine (C=N–C) groups is 1. The van der Waals surface area contributed by atoms with Gasteiger partial charge in [-0.2, -0.15) is 8.78 Å². The average molecular weight is 456 g/mol. The highest BCUT2D eigenvalue weighted by Crippen LogP contribution is 2.32. The molecule has 3 rings (SSSR count). The number of alkyl halides is 2. The van der Waals surface area contributed by atoms with Crippen molar-refractivity contribution in [1.82, 2.24) is 5.32 Å². The van der Waals surface area contributed by atoms with Crippen LogP contribution in [-0.2, 0) is 0 Å². The van der Waals surface area contributed by atoms with Crippen molar-refractivity contribution in [2.24, 2.45) is 4.99 Å². The van der Waals surface area contributed by atoms with Crippen molar-refractivity contribution in [2.75, 3.05) is 6.54 Å². The Bertz CT molecular complexity index is 1090. The number of carbonyl (C=O) groups excluding carboxylic acids is 2. The topological polar surface area (TPSA) is 77.0 Å². The molecule has 0 unspecified atom stereocenters. The second kappa shape index (κ2) is 10.8. The third-order valence-electron chi connectivity index (χ3n) is 4.88. The molecule has 2 aromatic carbocycles. The summed E-state index contributed by atoms with van der Waals surface area (Å²) in [6, 6.07) is 11.4. The minimum atomic E-state index is -2.95. The number of nitrogens with one attached hydrogen (secondary N) is 1. The third-order valence-corrected chi connectivity index (χ3v) is 4.88. The normalized spacial score (nSPS) is 13.4. The van der Waals surface area contributed by atoms with Gasteiger partial charge in [0.15, 0.2) is 17.3 Å². The molecule has 0 atom stereocenters. The van der Waals surface area contributed by atoms with Gasteiger partial charge in [0.1, 0.15) is 0 Å². The molecule has 33 heavy (non-hydrogen) atoms. The molecule has 1 N–H and O–H groups in total. The first-order valence-electron chi connectivity index (χ1n) is 10.6. The number of benzene rings is 2. The van der Waals surface area contributed by atoms with E-state index in [4.69, 9.17) is 4.74 Å². The summed E-state index contributed by atoms with van der Waals surface area (Å²) in [5.74, 6) is -0.358. The van der Waals surface area contributed by atoms with E-state index in [2.05, 4.69) is 15.0 Å². The third kappa shape index (κ3) is 6.47. The van der Waals surface area contributed by atoms with Crippen LogP contribution in [0.2, 0.25) is 0 Å². The zero-order valence-electron chi connectivity index (χ0n) is 18.7. The van der Waals surface area contributed by atoms with E-state index in [1.807, 2.05) is 6.08 Å². The fraction of sp³-hybridized carbons (Fsp3) is 0.320. The van der Waals surface area contributed by atoms with E-state index in [1.165, 1.54) is 13.0 Å². The predicted octanol–water partition coefficient (Wildman–Crippen LogP) is 5.17. The number of carbonyl (C=O) groups is 2. The van der Waals surface area contributed by atoms with Crippen molar-refractivity contribution in [1.29, 1.82) is 0 Å². The second-order valence-electron chi connectivity index (χ2n) is 7.78. The van der Waals surface area contributed by atoms with Crippen molar-refractivity contribution >= 4 is 17.4 Å². The van der Waals surface area contributed by atoms with E-state index in [9.17, 15) is 18.4 Å². The summed E-state index contributed by atoms with van der Waals surface area (Å²) in [5, 5.41) is 2.81. The Kier molecular flexibility index (Phi) is 7.92. The van der Waals surface area contributed by atoms with Crippen molar-refractivity contribution < 1.29 is 27.8 Å². The maximum atomic E-state index is 12.7. The molecule has 1 aliphatic heterocycles. The lowest BCUT2D eigenvalue weighted by Gasteiger charge is -2.18. The Morgan fingerprint density at radius 1 is 1.06 bits per heavy atom. The molecule has 0 bridgehead atoms. The lowest BCUT2D eigenvalue weighted by atomic mass is 10.0. The van der Waals surface area contributed by atoms with Crippen LogP contribution in [0.1, 0.15) is 59.9 Å². The van der Waals surface area contributed by atoms with E-state index in [-0.39, 0.29) is 35.8 Å². The predicted molar refractivity (Wildman–Crippen MR) is 121 cm³/mol. The van der Waals surface area contributed by atoms with E-state index < -0.39 is 6.61 Å². The molecule has 8 heteroatoms. The molecule has 0 spiro atoms. The van der Waals surface area contributed by atoms with Crippen LogP contribution < -0.4 is 14.8 Å². The number of amides is 1. The number of halogens is 2. The fourth-order valence-corrected chi connectivity index (χ4v) is 3.45. The molecular weight excluding hydrogens is 430 g/mol. The SMILES string of the molecule is CC(=O)c1ccccc1C(=O)NCC1=CCCC(c2ccc(OC(F)F)c(OC(C)C)c2)=N1. The minimum Gasteiger partial charge on any atom is -0.487 e. The molecule has 1 amide bonds. The van der Waals surface area contributed by atoms with Crippen LogP contribution in [0.4, 0.5) is 8.78 Å². The summed E-state index contributed by atoms with van der Waals surface area (Å²) in [5.41, 5.74) is 2.83. The summed E-state index contributed by atoms with van der Waals surface area (Å²) in [6.07, 6.45) is 3.07. The number of rotatable bonds is 9. The van der Waals surface area contributed by atoms with Crippen molar-refractivity contribution in [2.45, 2.75) is 46.3 Å². The number of ketones is 1. The van der Waals surface area contributed by atoms with Gasteiger partial charge in [0.2, 0.25) is 0 Å². The highest BCUT2D eigenvalue weighted by Gasteiger charge is 2.18. The maximum absolute atomic E-state index is 12.7. The number of nitrogens with zero attached hydrogens (tertiary/aromatic N) is 1. The van der Waals surface area contributed by atoms with E-state index in [0.29, 0.717) is 29.7 Å². The zero-order valence-corrected chi connectivity index (χ0v) is 18.7. The van der Waals surface area contributed by atoms with E-state index in [1.54, 1.807) is 50.2 Å². The van der Waals surface area contributed by atoms with Crippen LogP contribution in [0.25, 0.3) is 0 Å². The van der Waals surface area contributed by atoms with Crippen LogP contribution >= 0.6 is 0 Å². The lowest BCUT2D eigenvalue weighted by molar-refractivity contribution is -0.0519. The number of hydrogen-bond donors (Lipinski definition) is 1. The van der Waals surface area contributed by atoms with Gasteiger partial charge < -0.3 is 14.8 Å². The monoisotopic (exact) mass is 456 g/mol. The van der Waals surface area contributed by atoms with Crippen molar-refractivity contribution in [3.05, 3.63) is 70.9 Å². The summed E-state index contributed by atoms with van der Waals surface area (Å²) in [6.45, 7) is 2.25. The standard InChI is InChI=1S/C25H26F2N2O4/c1-15(2)32-23-13-17(11-12-22(23)33-25(26)27)21-10-6-7-18(29-21)14-28-24(31)20-9-5-4-8-19(20)16(3)30/h4-5,7-9,11-13,15,25H,6,10,14H2,1-3H3,(H,28,31). The number of Topliss-reactive ketones (excluding diaryl/α,β-unsaturated/α-hetero) is 1. The average Bonchev–Trinajstić information content (AvgIpc) is 2.78. The van der Waals surface area contributed by atoms with Crippen molar-refractivity contribution in [3.8, 4) is 11.5 Å². The van der Waals surface area contributed by atoms with Crippen LogP contribution in [0.3, 0.4) is 0 Å². The van der Waals surface area contributed by atoms with Gasteiger partial charge in [-0.25, -0.2) is 0 Å². The summed E-state index contributed by atoms with van der Waals surface area (Å²) in [4.78, 5) is 29.0. The smallest absolute Gasteiger partial charge is 0.387 e. The molecule has 0 saturated carbocycles. The molecule has 1 aliphatic rings. The largest absolute Gasteiger partial charge is 0.487 e. The number of allylic oxidation sites excluding steroid dienone is 1. The first-order valence-corrected chi connectivity index (χ1v) is 10.6. The van der Waals surface area contributed by atoms with Crippen LogP contribution in [0, 0.1) is 0 Å². The maximum Gasteiger partial charge on any atom is 0.387 e. The first kappa shape index (κ1) is 24.1. The van der Waals surface area contributed by atoms with Gasteiger partial charge in [-0.3, -0.25) is 14.6 Å². The Balaban J connectivity index is 1.76. The zero-order chi connectivity index (χ0) is 24.0. The molecule has 0 aliphatic carbocycles. The van der Waals surface area contributed by atoms with Gasteiger partial charge in [0.25, 0.3) is 5.91 Å². The Hall–Kier alpha value is -3.55. The van der Waals surface area contributed by atoms with Gasteiger partial charge in [-0.15, -0.1) is 0 Å². The van der Waals surface area contributed by atoms with Gasteiger partial charge in [0, 0.05) is 11.3 Å². The van der Waals surface area contributed by atoms with Gasteiger partial charge in [-0.1, -0.05) is 24.3 Å². The first-order chi connectivity index (χ1) is 15.7. The molecule has 0 radical (unpaired) electrons. The van der Waals surface area contributed by atoms with Crippen LogP contribution in [0.15, 0.2) is 59.2 Å². The highest BCUT2D eigenvalue weighted by atomic mass is 19.3. The molecule has 2 aromatic rings. The summed E-state index contributed by atoms with van der Waals surface area (Å²) < 4.78 is 35.7. The van der Waals surface area contributed by atoms with Crippen molar-refractivity contribution in [3.63, 3.8) is 0 Å². The fourth-order valence-electron chi connectivity index (χ4n) is 3.45. The Morgan fingerprint density at radius 3 is 2.45 bits per heavy atom. The summed E-state index contributed by atoms with van der Waals surface area (Å²) >= 11 is 0. The molecule has 1 heterocycles. The Morgan fingerprint density at radius 2 is 1.79 bits per heavy atom. The molecule has 0 fully saturated rings. The molecule has 174 valence electrons. The molecule has 0 aromatic heterocycles. The van der Waals surface area contributed by atoms with E-state index >= 15 is 0 Å². The highest BCUT2D eigenvalue weighted by molar-refractivity contribution is 6.07. The Labute approximate surface area is 191 Å². The lowest BCUT2D eigenvalue weighted by Crippen LogP contribution is -2.27. The molecule has 0 saturated heterocycles. The molecular formula is C25H26F2N2O4. The quantitative estimate of drug-likeness (QED) is 0.528. The van der Waals surface area contributed by atoms with Gasteiger partial charge in [-0.05, 0) is 63.4 Å². The minimum absolute atomic E-state index is 0.0361. The summed E-state index contributed by atoms with van der Waals surface area (Å²) in [7, 11) is 0. The second-order valence-corrected chi connectivity index (χ2v) is 7.78. The molecule has 6 nitrogen and oxygen atoms in total. The van der Waals surface area contributed by atoms with Gasteiger partial charge in [0.05, 0.1) is 23.9 Å². The van der Waals surface area contributed by atoms with Gasteiger partial charge >= 0.3 is 6.61 Å². The van der Waals surface area contributed by atoms with Crippen LogP contribution in [-0.4, -0.2) is 36.7 Å². The van der Waals surface area contributed by atoms with Crippen LogP contribution in [0.5, 0.6) is 11.5 Å².